The first kappa shape index (κ1) is 15.0. The van der Waals surface area contributed by atoms with Gasteiger partial charge in [-0.1, -0.05) is 67.2 Å². The van der Waals surface area contributed by atoms with Crippen LogP contribution >= 0.6 is 0 Å². The maximum Gasteiger partial charge on any atom is -0.0358 e. The minimum atomic E-state index is 0.992. The van der Waals surface area contributed by atoms with Gasteiger partial charge in [-0.15, -0.1) is 0 Å². The molecule has 0 N–H and O–H groups in total. The van der Waals surface area contributed by atoms with E-state index in [-0.39, 0.29) is 0 Å². The molecule has 1 aliphatic carbocycles. The van der Waals surface area contributed by atoms with Gasteiger partial charge in [-0.25, -0.2) is 0 Å². The Labute approximate surface area is 97.8 Å². The molecule has 0 heterocycles. The van der Waals surface area contributed by atoms with Crippen molar-refractivity contribution in [3.05, 3.63) is 0 Å². The van der Waals surface area contributed by atoms with E-state index in [0.717, 1.165) is 23.7 Å². The lowest BCUT2D eigenvalue weighted by molar-refractivity contribution is 0.262. The van der Waals surface area contributed by atoms with Gasteiger partial charge >= 0.3 is 0 Å². The average molecular weight is 212 g/mol. The molecule has 0 aromatic carbocycles. The third-order valence-electron chi connectivity index (χ3n) is 4.00. The van der Waals surface area contributed by atoms with E-state index in [9.17, 15) is 0 Å². The van der Waals surface area contributed by atoms with E-state index in [1.165, 1.54) is 32.1 Å². The highest BCUT2D eigenvalue weighted by molar-refractivity contribution is 4.86. The lowest BCUT2D eigenvalue weighted by Crippen LogP contribution is -2.15. The molecule has 4 atom stereocenters. The molecule has 0 bridgehead atoms. The largest absolute Gasteiger partial charge is 0.0683 e. The highest BCUT2D eigenvalue weighted by atomic mass is 14.4. The SMILES string of the molecule is CC.CCCC1C(C)CC(C)C1CCC. The van der Waals surface area contributed by atoms with Gasteiger partial charge in [-0.05, 0) is 30.1 Å². The van der Waals surface area contributed by atoms with Gasteiger partial charge in [0.15, 0.2) is 0 Å². The molecule has 0 aromatic rings. The molecule has 0 nitrogen and oxygen atoms in total. The molecule has 1 aliphatic rings. The summed E-state index contributed by atoms with van der Waals surface area (Å²) in [6.45, 7) is 13.6. The van der Waals surface area contributed by atoms with Gasteiger partial charge in [0, 0.05) is 0 Å². The van der Waals surface area contributed by atoms with Gasteiger partial charge < -0.3 is 0 Å². The summed E-state index contributed by atoms with van der Waals surface area (Å²) in [5, 5.41) is 0. The molecule has 0 amide bonds. The average Bonchev–Trinajstić information content (AvgIpc) is 2.49. The maximum absolute atomic E-state index is 2.46. The van der Waals surface area contributed by atoms with Crippen LogP contribution in [0.15, 0.2) is 0 Å². The molecular weight excluding hydrogens is 180 g/mol. The molecule has 15 heavy (non-hydrogen) atoms. The van der Waals surface area contributed by atoms with Gasteiger partial charge in [0.1, 0.15) is 0 Å². The molecule has 0 radical (unpaired) electrons. The van der Waals surface area contributed by atoms with E-state index >= 15 is 0 Å². The van der Waals surface area contributed by atoms with Gasteiger partial charge in [0.2, 0.25) is 0 Å². The highest BCUT2D eigenvalue weighted by Gasteiger charge is 2.36. The fraction of sp³-hybridized carbons (Fsp3) is 1.00. The molecule has 1 saturated carbocycles. The van der Waals surface area contributed by atoms with Crippen molar-refractivity contribution in [3.8, 4) is 0 Å². The van der Waals surface area contributed by atoms with Crippen LogP contribution in [0.1, 0.15) is 73.6 Å². The molecule has 1 rings (SSSR count). The Hall–Kier alpha value is 0. The van der Waals surface area contributed by atoms with Crippen LogP contribution in [-0.4, -0.2) is 0 Å². The van der Waals surface area contributed by atoms with Crippen molar-refractivity contribution in [2.24, 2.45) is 23.7 Å². The second-order valence-corrected chi connectivity index (χ2v) is 5.10. The van der Waals surface area contributed by atoms with E-state index in [1.54, 1.807) is 0 Å². The third-order valence-corrected chi connectivity index (χ3v) is 4.00. The Balaban J connectivity index is 0.000000921. The van der Waals surface area contributed by atoms with Crippen molar-refractivity contribution < 1.29 is 0 Å². The first-order valence-corrected chi connectivity index (χ1v) is 7.20. The van der Waals surface area contributed by atoms with E-state index in [4.69, 9.17) is 0 Å². The topological polar surface area (TPSA) is 0 Å². The van der Waals surface area contributed by atoms with Crippen molar-refractivity contribution >= 4 is 0 Å². The van der Waals surface area contributed by atoms with Crippen LogP contribution in [-0.2, 0) is 0 Å². The van der Waals surface area contributed by atoms with Gasteiger partial charge in [-0.3, -0.25) is 0 Å². The van der Waals surface area contributed by atoms with Crippen LogP contribution in [0.4, 0.5) is 0 Å². The van der Waals surface area contributed by atoms with Crippen molar-refractivity contribution in [1.29, 1.82) is 0 Å². The summed E-state index contributed by atoms with van der Waals surface area (Å²) in [6.07, 6.45) is 7.17. The molecule has 0 spiro atoms. The molecule has 0 saturated heterocycles. The van der Waals surface area contributed by atoms with Crippen LogP contribution in [0.2, 0.25) is 0 Å². The van der Waals surface area contributed by atoms with Crippen molar-refractivity contribution in [3.63, 3.8) is 0 Å². The summed E-state index contributed by atoms with van der Waals surface area (Å²) < 4.78 is 0. The summed E-state index contributed by atoms with van der Waals surface area (Å²) >= 11 is 0. The van der Waals surface area contributed by atoms with Crippen LogP contribution in [0, 0.1) is 23.7 Å². The minimum absolute atomic E-state index is 0.992. The molecule has 4 unspecified atom stereocenters. The summed E-state index contributed by atoms with van der Waals surface area (Å²) in [5.74, 6) is 4.07. The molecule has 0 aliphatic heterocycles. The Kier molecular flexibility index (Phi) is 8.19. The number of rotatable bonds is 4. The fourth-order valence-corrected chi connectivity index (χ4v) is 3.44. The lowest BCUT2D eigenvalue weighted by Gasteiger charge is -2.23. The fourth-order valence-electron chi connectivity index (χ4n) is 3.44. The van der Waals surface area contributed by atoms with Gasteiger partial charge in [0.25, 0.3) is 0 Å². The summed E-state index contributed by atoms with van der Waals surface area (Å²) in [5.41, 5.74) is 0. The number of hydrogen-bond donors (Lipinski definition) is 0. The Morgan fingerprint density at radius 2 is 1.13 bits per heavy atom. The Morgan fingerprint density at radius 1 is 0.800 bits per heavy atom. The highest BCUT2D eigenvalue weighted by Crippen LogP contribution is 2.45. The zero-order valence-corrected chi connectivity index (χ0v) is 11.8. The van der Waals surface area contributed by atoms with Gasteiger partial charge in [-0.2, -0.15) is 0 Å². The predicted octanol–water partition coefficient (Wildman–Crippen LogP) is 5.52. The van der Waals surface area contributed by atoms with Crippen LogP contribution in [0.3, 0.4) is 0 Å². The summed E-state index contributed by atoms with van der Waals surface area (Å²) in [7, 11) is 0. The standard InChI is InChI=1S/C13H26.C2H6/c1-5-7-12-10(3)9-11(4)13(12)8-6-2;1-2/h10-13H,5-9H2,1-4H3;1-2H3. The van der Waals surface area contributed by atoms with Crippen LogP contribution in [0.25, 0.3) is 0 Å². The second-order valence-electron chi connectivity index (χ2n) is 5.10. The van der Waals surface area contributed by atoms with Crippen LogP contribution in [0.5, 0.6) is 0 Å². The lowest BCUT2D eigenvalue weighted by atomic mass is 9.82. The molecular formula is C15H32. The van der Waals surface area contributed by atoms with Crippen LogP contribution < -0.4 is 0 Å². The second kappa shape index (κ2) is 8.19. The first-order chi connectivity index (χ1) is 7.20. The van der Waals surface area contributed by atoms with Crippen molar-refractivity contribution in [2.45, 2.75) is 73.6 Å². The smallest absolute Gasteiger partial charge is 0.0358 e. The first-order valence-electron chi connectivity index (χ1n) is 7.20. The molecule has 92 valence electrons. The van der Waals surface area contributed by atoms with Gasteiger partial charge in [0.05, 0.1) is 0 Å². The number of hydrogen-bond acceptors (Lipinski definition) is 0. The Morgan fingerprint density at radius 3 is 1.40 bits per heavy atom. The quantitative estimate of drug-likeness (QED) is 0.575. The van der Waals surface area contributed by atoms with E-state index in [0.29, 0.717) is 0 Å². The predicted molar refractivity (Wildman–Crippen MR) is 71.1 cm³/mol. The van der Waals surface area contributed by atoms with E-state index in [1.807, 2.05) is 13.8 Å². The summed E-state index contributed by atoms with van der Waals surface area (Å²) in [4.78, 5) is 0. The normalized spacial score (nSPS) is 34.8. The van der Waals surface area contributed by atoms with Crippen molar-refractivity contribution in [2.75, 3.05) is 0 Å². The molecule has 1 fully saturated rings. The van der Waals surface area contributed by atoms with Crippen molar-refractivity contribution in [1.82, 2.24) is 0 Å². The summed E-state index contributed by atoms with van der Waals surface area (Å²) in [6, 6.07) is 0. The maximum atomic E-state index is 2.46. The van der Waals surface area contributed by atoms with E-state index < -0.39 is 0 Å². The zero-order valence-electron chi connectivity index (χ0n) is 11.8. The van der Waals surface area contributed by atoms with E-state index in [2.05, 4.69) is 27.7 Å². The Bertz CT molecular complexity index is 123. The monoisotopic (exact) mass is 212 g/mol. The molecule has 0 heteroatoms. The zero-order chi connectivity index (χ0) is 11.8. The third kappa shape index (κ3) is 4.17. The molecule has 0 aromatic heterocycles. The minimum Gasteiger partial charge on any atom is -0.0683 e.